The fourth-order valence-electron chi connectivity index (χ4n) is 7.48. The Morgan fingerprint density at radius 1 is 1.00 bits per heavy atom. The lowest BCUT2D eigenvalue weighted by Gasteiger charge is -2.46. The molecule has 1 aromatic carbocycles. The standard InChI is InChI=1S/C32H45ClN4O4/c1-35(29(39)24-7-3-2-4-8-24)18-5-6-23-11-14-32(15-12-23)16-20-36(21-17-32)30(40)25-9-10-26(33)27(22-25)37-19-13-28(38)34-31(37)41/h9-10,22-24H,2-8,11-21H2,1H3,(H,34,38,41). The van der Waals surface area contributed by atoms with Crippen molar-refractivity contribution in [3.63, 3.8) is 0 Å². The quantitative estimate of drug-likeness (QED) is 0.424. The molecule has 224 valence electrons. The Morgan fingerprint density at radius 2 is 1.71 bits per heavy atom. The van der Waals surface area contributed by atoms with Crippen LogP contribution in [0.4, 0.5) is 10.5 Å². The molecule has 0 aromatic heterocycles. The molecule has 1 aromatic rings. The molecule has 2 aliphatic heterocycles. The molecule has 41 heavy (non-hydrogen) atoms. The number of amides is 5. The van der Waals surface area contributed by atoms with Gasteiger partial charge in [0.25, 0.3) is 5.91 Å². The lowest BCUT2D eigenvalue weighted by molar-refractivity contribution is -0.135. The Kier molecular flexibility index (Phi) is 9.57. The van der Waals surface area contributed by atoms with Crippen molar-refractivity contribution in [1.29, 1.82) is 0 Å². The van der Waals surface area contributed by atoms with Crippen molar-refractivity contribution in [3.8, 4) is 0 Å². The van der Waals surface area contributed by atoms with Crippen molar-refractivity contribution in [2.75, 3.05) is 38.1 Å². The number of nitrogens with zero attached hydrogens (tertiary/aromatic N) is 3. The van der Waals surface area contributed by atoms with E-state index in [0.717, 1.165) is 57.7 Å². The number of hydrogen-bond acceptors (Lipinski definition) is 4. The number of imide groups is 1. The summed E-state index contributed by atoms with van der Waals surface area (Å²) in [5.74, 6) is 1.02. The molecule has 5 rings (SSSR count). The van der Waals surface area contributed by atoms with Crippen LogP contribution in [0.3, 0.4) is 0 Å². The molecule has 4 fully saturated rings. The van der Waals surface area contributed by atoms with Gasteiger partial charge in [-0.15, -0.1) is 0 Å². The van der Waals surface area contributed by atoms with Crippen LogP contribution >= 0.6 is 11.6 Å². The van der Waals surface area contributed by atoms with E-state index < -0.39 is 6.03 Å². The number of urea groups is 1. The molecule has 0 atom stereocenters. The van der Waals surface area contributed by atoms with E-state index in [-0.39, 0.29) is 30.7 Å². The van der Waals surface area contributed by atoms with E-state index in [2.05, 4.69) is 5.32 Å². The topological polar surface area (TPSA) is 90.0 Å². The van der Waals surface area contributed by atoms with Crippen LogP contribution in [-0.2, 0) is 9.59 Å². The third-order valence-electron chi connectivity index (χ3n) is 10.3. The van der Waals surface area contributed by atoms with Crippen LogP contribution in [0.25, 0.3) is 0 Å². The lowest BCUT2D eigenvalue weighted by atomic mass is 9.65. The fraction of sp³-hybridized carbons (Fsp3) is 0.688. The van der Waals surface area contributed by atoms with Crippen LogP contribution in [0.15, 0.2) is 18.2 Å². The van der Waals surface area contributed by atoms with Crippen molar-refractivity contribution in [1.82, 2.24) is 15.1 Å². The van der Waals surface area contributed by atoms with Crippen LogP contribution in [-0.4, -0.2) is 66.8 Å². The van der Waals surface area contributed by atoms with E-state index in [0.29, 0.717) is 27.6 Å². The van der Waals surface area contributed by atoms with Crippen molar-refractivity contribution >= 4 is 41.0 Å². The normalized spacial score (nSPS) is 22.1. The molecule has 4 aliphatic rings. The second kappa shape index (κ2) is 13.1. The van der Waals surface area contributed by atoms with Crippen LogP contribution < -0.4 is 10.2 Å². The van der Waals surface area contributed by atoms with Gasteiger partial charge in [-0.05, 0) is 93.7 Å². The Labute approximate surface area is 249 Å². The summed E-state index contributed by atoms with van der Waals surface area (Å²) in [6.07, 6.45) is 15.3. The molecule has 2 aliphatic carbocycles. The van der Waals surface area contributed by atoms with Gasteiger partial charge in [-0.3, -0.25) is 24.6 Å². The largest absolute Gasteiger partial charge is 0.346 e. The minimum Gasteiger partial charge on any atom is -0.346 e. The average molecular weight is 585 g/mol. The monoisotopic (exact) mass is 584 g/mol. The molecule has 0 unspecified atom stereocenters. The summed E-state index contributed by atoms with van der Waals surface area (Å²) >= 11 is 6.38. The molecule has 1 spiro atoms. The van der Waals surface area contributed by atoms with E-state index in [9.17, 15) is 19.2 Å². The zero-order valence-corrected chi connectivity index (χ0v) is 25.2. The van der Waals surface area contributed by atoms with Crippen LogP contribution in [0, 0.1) is 17.3 Å². The number of rotatable bonds is 7. The third kappa shape index (κ3) is 7.07. The molecule has 2 saturated heterocycles. The fourth-order valence-corrected chi connectivity index (χ4v) is 7.70. The molecular formula is C32H45ClN4O4. The highest BCUT2D eigenvalue weighted by molar-refractivity contribution is 6.34. The molecule has 2 heterocycles. The molecule has 2 saturated carbocycles. The third-order valence-corrected chi connectivity index (χ3v) is 10.6. The number of piperidine rings is 1. The molecule has 5 amide bonds. The van der Waals surface area contributed by atoms with Crippen molar-refractivity contribution < 1.29 is 19.2 Å². The molecule has 8 nitrogen and oxygen atoms in total. The second-order valence-electron chi connectivity index (χ2n) is 12.9. The molecular weight excluding hydrogens is 540 g/mol. The first kappa shape index (κ1) is 29.9. The van der Waals surface area contributed by atoms with E-state index in [1.165, 1.54) is 56.3 Å². The number of likely N-dealkylation sites (tertiary alicyclic amines) is 1. The highest BCUT2D eigenvalue weighted by Crippen LogP contribution is 2.47. The molecule has 0 bridgehead atoms. The first-order chi connectivity index (χ1) is 19.7. The van der Waals surface area contributed by atoms with E-state index >= 15 is 0 Å². The van der Waals surface area contributed by atoms with Gasteiger partial charge in [0.2, 0.25) is 11.8 Å². The highest BCUT2D eigenvalue weighted by atomic mass is 35.5. The summed E-state index contributed by atoms with van der Waals surface area (Å²) < 4.78 is 0. The number of halogens is 1. The first-order valence-corrected chi connectivity index (χ1v) is 16.1. The molecule has 1 N–H and O–H groups in total. The Morgan fingerprint density at radius 3 is 2.39 bits per heavy atom. The van der Waals surface area contributed by atoms with Crippen molar-refractivity contribution in [3.05, 3.63) is 28.8 Å². The number of nitrogens with one attached hydrogen (secondary N) is 1. The van der Waals surface area contributed by atoms with Gasteiger partial charge in [0, 0.05) is 51.1 Å². The van der Waals surface area contributed by atoms with E-state index in [4.69, 9.17) is 11.6 Å². The summed E-state index contributed by atoms with van der Waals surface area (Å²) in [7, 11) is 1.99. The number of hydrogen-bond donors (Lipinski definition) is 1. The van der Waals surface area contributed by atoms with Crippen molar-refractivity contribution in [2.45, 2.75) is 89.9 Å². The zero-order chi connectivity index (χ0) is 29.0. The molecule has 0 radical (unpaired) electrons. The maximum atomic E-state index is 13.4. The summed E-state index contributed by atoms with van der Waals surface area (Å²) in [5, 5.41) is 2.69. The first-order valence-electron chi connectivity index (χ1n) is 15.7. The summed E-state index contributed by atoms with van der Waals surface area (Å²) in [6.45, 7) is 2.61. The minimum atomic E-state index is -0.511. The predicted octanol–water partition coefficient (Wildman–Crippen LogP) is 6.02. The van der Waals surface area contributed by atoms with Crippen LogP contribution in [0.2, 0.25) is 5.02 Å². The van der Waals surface area contributed by atoms with Gasteiger partial charge in [-0.25, -0.2) is 4.79 Å². The number of carbonyl (C=O) groups excluding carboxylic acids is 4. The smallest absolute Gasteiger partial charge is 0.328 e. The van der Waals surface area contributed by atoms with Crippen LogP contribution in [0.5, 0.6) is 0 Å². The average Bonchev–Trinajstić information content (AvgIpc) is 2.99. The zero-order valence-electron chi connectivity index (χ0n) is 24.5. The van der Waals surface area contributed by atoms with Gasteiger partial charge < -0.3 is 9.80 Å². The molecule has 9 heteroatoms. The lowest BCUT2D eigenvalue weighted by Crippen LogP contribution is -2.49. The maximum absolute atomic E-state index is 13.4. The number of anilines is 1. The van der Waals surface area contributed by atoms with Crippen LogP contribution in [0.1, 0.15) is 100 Å². The second-order valence-corrected chi connectivity index (χ2v) is 13.3. The summed E-state index contributed by atoms with van der Waals surface area (Å²) in [5.41, 5.74) is 1.31. The van der Waals surface area contributed by atoms with Gasteiger partial charge >= 0.3 is 6.03 Å². The van der Waals surface area contributed by atoms with Gasteiger partial charge in [-0.1, -0.05) is 30.9 Å². The van der Waals surface area contributed by atoms with E-state index in [1.54, 1.807) is 18.2 Å². The maximum Gasteiger partial charge on any atom is 0.328 e. The van der Waals surface area contributed by atoms with Gasteiger partial charge in [0.1, 0.15) is 0 Å². The number of benzene rings is 1. The Hall–Kier alpha value is -2.61. The SMILES string of the molecule is CN(CCCC1CCC2(CC1)CCN(C(=O)c1ccc(Cl)c(N3CCC(=O)NC3=O)c1)CC2)C(=O)C1CCCCC1. The van der Waals surface area contributed by atoms with Gasteiger partial charge in [0.15, 0.2) is 0 Å². The number of carbonyl (C=O) groups is 4. The highest BCUT2D eigenvalue weighted by Gasteiger charge is 2.39. The van der Waals surface area contributed by atoms with Crippen molar-refractivity contribution in [2.24, 2.45) is 17.3 Å². The predicted molar refractivity (Wildman–Crippen MR) is 160 cm³/mol. The minimum absolute atomic E-state index is 0.0353. The van der Waals surface area contributed by atoms with Gasteiger partial charge in [0.05, 0.1) is 10.7 Å². The summed E-state index contributed by atoms with van der Waals surface area (Å²) in [4.78, 5) is 55.4. The summed E-state index contributed by atoms with van der Waals surface area (Å²) in [6, 6.07) is 4.54. The van der Waals surface area contributed by atoms with Gasteiger partial charge in [-0.2, -0.15) is 0 Å². The van der Waals surface area contributed by atoms with E-state index in [1.807, 2.05) is 16.8 Å². The Bertz CT molecular complexity index is 1130. The Balaban J connectivity index is 1.06.